The van der Waals surface area contributed by atoms with Gasteiger partial charge < -0.3 is 9.67 Å². The molecule has 2 heterocycles. The van der Waals surface area contributed by atoms with Crippen LogP contribution in [0.3, 0.4) is 0 Å². The number of rotatable bonds is 4. The number of nitrogens with zero attached hydrogens (tertiary/aromatic N) is 3. The zero-order valence-electron chi connectivity index (χ0n) is 12.3. The summed E-state index contributed by atoms with van der Waals surface area (Å²) in [4.78, 5) is 1.14. The normalized spacial score (nSPS) is 16.3. The molecule has 2 aromatic rings. The Kier molecular flexibility index (Phi) is 4.60. The van der Waals surface area contributed by atoms with Crippen LogP contribution >= 0.6 is 11.8 Å². The van der Waals surface area contributed by atoms with Crippen molar-refractivity contribution in [2.45, 2.75) is 61.7 Å². The molecule has 1 atom stereocenters. The molecule has 0 saturated heterocycles. The molecule has 21 heavy (non-hydrogen) atoms. The molecular formula is C16H21N3OS. The van der Waals surface area contributed by atoms with Gasteiger partial charge >= 0.3 is 0 Å². The van der Waals surface area contributed by atoms with Gasteiger partial charge in [-0.05, 0) is 48.7 Å². The van der Waals surface area contributed by atoms with Crippen molar-refractivity contribution >= 4 is 11.8 Å². The van der Waals surface area contributed by atoms with Crippen molar-refractivity contribution in [1.29, 1.82) is 0 Å². The van der Waals surface area contributed by atoms with E-state index >= 15 is 0 Å². The van der Waals surface area contributed by atoms with E-state index in [1.54, 1.807) is 11.8 Å². The fourth-order valence-corrected chi connectivity index (χ4v) is 3.50. The smallest absolute Gasteiger partial charge is 0.196 e. The number of aliphatic hydroxyl groups excluding tert-OH is 1. The van der Waals surface area contributed by atoms with Crippen molar-refractivity contribution in [3.63, 3.8) is 0 Å². The topological polar surface area (TPSA) is 50.9 Å². The number of fused-ring (bicyclic) bond motifs is 1. The summed E-state index contributed by atoms with van der Waals surface area (Å²) in [7, 11) is 0. The van der Waals surface area contributed by atoms with E-state index in [4.69, 9.17) is 0 Å². The average molecular weight is 303 g/mol. The van der Waals surface area contributed by atoms with E-state index < -0.39 is 0 Å². The first-order chi connectivity index (χ1) is 10.3. The molecule has 0 bridgehead atoms. The summed E-state index contributed by atoms with van der Waals surface area (Å²) in [6.45, 7) is 3.01. The highest BCUT2D eigenvalue weighted by Gasteiger charge is 2.15. The predicted octanol–water partition coefficient (Wildman–Crippen LogP) is 3.60. The van der Waals surface area contributed by atoms with Gasteiger partial charge in [0.2, 0.25) is 0 Å². The highest BCUT2D eigenvalue weighted by atomic mass is 32.2. The fraction of sp³-hybridized carbons (Fsp3) is 0.500. The lowest BCUT2D eigenvalue weighted by atomic mass is 10.1. The maximum absolute atomic E-state index is 9.83. The molecule has 1 aliphatic heterocycles. The Morgan fingerprint density at radius 3 is 2.76 bits per heavy atom. The standard InChI is InChI=1S/C16H21N3OS/c1-2-14(20)12-7-9-13(10-8-12)21-16-18-17-15-6-4-3-5-11-19(15)16/h7-10,14,20H,2-6,11H2,1H3. The van der Waals surface area contributed by atoms with Crippen molar-refractivity contribution in [2.24, 2.45) is 0 Å². The summed E-state index contributed by atoms with van der Waals surface area (Å²) in [5, 5.41) is 19.5. The largest absolute Gasteiger partial charge is 0.388 e. The fourth-order valence-electron chi connectivity index (χ4n) is 2.63. The Morgan fingerprint density at radius 2 is 2.00 bits per heavy atom. The Hall–Kier alpha value is -1.33. The third kappa shape index (κ3) is 3.30. The average Bonchev–Trinajstić information content (AvgIpc) is 2.75. The van der Waals surface area contributed by atoms with E-state index in [-0.39, 0.29) is 6.10 Å². The quantitative estimate of drug-likeness (QED) is 0.937. The lowest BCUT2D eigenvalue weighted by Gasteiger charge is -2.09. The molecule has 1 aliphatic rings. The molecule has 0 aliphatic carbocycles. The van der Waals surface area contributed by atoms with E-state index in [0.717, 1.165) is 40.8 Å². The summed E-state index contributed by atoms with van der Waals surface area (Å²) in [5.41, 5.74) is 0.974. The van der Waals surface area contributed by atoms with Crippen LogP contribution in [0.4, 0.5) is 0 Å². The maximum Gasteiger partial charge on any atom is 0.196 e. The maximum atomic E-state index is 9.83. The van der Waals surface area contributed by atoms with Crippen molar-refractivity contribution < 1.29 is 5.11 Å². The van der Waals surface area contributed by atoms with Crippen LogP contribution < -0.4 is 0 Å². The van der Waals surface area contributed by atoms with E-state index in [9.17, 15) is 5.11 Å². The van der Waals surface area contributed by atoms with Crippen LogP contribution in [0.1, 0.15) is 50.1 Å². The molecule has 4 nitrogen and oxygen atoms in total. The van der Waals surface area contributed by atoms with Crippen LogP contribution in [0.2, 0.25) is 0 Å². The molecule has 1 aromatic carbocycles. The summed E-state index contributed by atoms with van der Waals surface area (Å²) in [6, 6.07) is 8.10. The van der Waals surface area contributed by atoms with Crippen LogP contribution in [0.15, 0.2) is 34.3 Å². The second-order valence-electron chi connectivity index (χ2n) is 5.46. The number of aryl methyl sites for hydroxylation is 1. The first-order valence-corrected chi connectivity index (χ1v) is 8.47. The lowest BCUT2D eigenvalue weighted by Crippen LogP contribution is -2.02. The summed E-state index contributed by atoms with van der Waals surface area (Å²) < 4.78 is 2.26. The molecule has 1 unspecified atom stereocenters. The van der Waals surface area contributed by atoms with Crippen molar-refractivity contribution in [3.8, 4) is 0 Å². The van der Waals surface area contributed by atoms with Gasteiger partial charge in [-0.1, -0.05) is 25.5 Å². The van der Waals surface area contributed by atoms with Crippen LogP contribution in [-0.4, -0.2) is 19.9 Å². The Labute approximate surface area is 129 Å². The Bertz CT molecular complexity index is 594. The molecule has 0 radical (unpaired) electrons. The van der Waals surface area contributed by atoms with Crippen molar-refractivity contribution in [3.05, 3.63) is 35.7 Å². The SMILES string of the molecule is CCC(O)c1ccc(Sc2nnc3n2CCCCC3)cc1. The third-order valence-corrected chi connectivity index (χ3v) is 4.93. The van der Waals surface area contributed by atoms with Crippen LogP contribution in [0, 0.1) is 0 Å². The molecule has 1 N–H and O–H groups in total. The first kappa shape index (κ1) is 14.6. The molecular weight excluding hydrogens is 282 g/mol. The highest BCUT2D eigenvalue weighted by Crippen LogP contribution is 2.29. The van der Waals surface area contributed by atoms with Gasteiger partial charge in [0.15, 0.2) is 5.16 Å². The summed E-state index contributed by atoms with van der Waals surface area (Å²) >= 11 is 1.65. The highest BCUT2D eigenvalue weighted by molar-refractivity contribution is 7.99. The van der Waals surface area contributed by atoms with Gasteiger partial charge in [0.05, 0.1) is 6.10 Å². The third-order valence-electron chi connectivity index (χ3n) is 3.94. The van der Waals surface area contributed by atoms with Gasteiger partial charge in [0.1, 0.15) is 5.82 Å². The predicted molar refractivity (Wildman–Crippen MR) is 83.4 cm³/mol. The molecule has 3 rings (SSSR count). The number of benzene rings is 1. The minimum absolute atomic E-state index is 0.367. The molecule has 0 saturated carbocycles. The van der Waals surface area contributed by atoms with Gasteiger partial charge in [-0.25, -0.2) is 0 Å². The number of hydrogen-bond donors (Lipinski definition) is 1. The Morgan fingerprint density at radius 1 is 1.19 bits per heavy atom. The van der Waals surface area contributed by atoms with E-state index in [1.807, 2.05) is 19.1 Å². The minimum Gasteiger partial charge on any atom is -0.388 e. The van der Waals surface area contributed by atoms with Gasteiger partial charge in [-0.3, -0.25) is 0 Å². The van der Waals surface area contributed by atoms with Gasteiger partial charge in [0, 0.05) is 17.9 Å². The second kappa shape index (κ2) is 6.62. The van der Waals surface area contributed by atoms with Gasteiger partial charge in [0.25, 0.3) is 0 Å². The lowest BCUT2D eigenvalue weighted by molar-refractivity contribution is 0.173. The monoisotopic (exact) mass is 303 g/mol. The number of aromatic nitrogens is 3. The first-order valence-electron chi connectivity index (χ1n) is 7.66. The van der Waals surface area contributed by atoms with Crippen molar-refractivity contribution in [1.82, 2.24) is 14.8 Å². The van der Waals surface area contributed by atoms with Gasteiger partial charge in [-0.15, -0.1) is 10.2 Å². The zero-order valence-corrected chi connectivity index (χ0v) is 13.1. The summed E-state index contributed by atoms with van der Waals surface area (Å²) in [5.74, 6) is 1.12. The zero-order chi connectivity index (χ0) is 14.7. The molecule has 1 aromatic heterocycles. The molecule has 112 valence electrons. The molecule has 5 heteroatoms. The van der Waals surface area contributed by atoms with E-state index in [1.165, 1.54) is 19.3 Å². The van der Waals surface area contributed by atoms with Crippen LogP contribution in [-0.2, 0) is 13.0 Å². The van der Waals surface area contributed by atoms with Crippen molar-refractivity contribution in [2.75, 3.05) is 0 Å². The number of hydrogen-bond acceptors (Lipinski definition) is 4. The molecule has 0 spiro atoms. The minimum atomic E-state index is -0.367. The van der Waals surface area contributed by atoms with Crippen LogP contribution in [0.5, 0.6) is 0 Å². The van der Waals surface area contributed by atoms with E-state index in [0.29, 0.717) is 0 Å². The molecule has 0 fully saturated rings. The number of aliphatic hydroxyl groups is 1. The molecule has 0 amide bonds. The Balaban J connectivity index is 1.76. The van der Waals surface area contributed by atoms with E-state index in [2.05, 4.69) is 26.9 Å². The second-order valence-corrected chi connectivity index (χ2v) is 6.50. The van der Waals surface area contributed by atoms with Crippen LogP contribution in [0.25, 0.3) is 0 Å². The van der Waals surface area contributed by atoms with Gasteiger partial charge in [-0.2, -0.15) is 0 Å². The summed E-state index contributed by atoms with van der Waals surface area (Å²) in [6.07, 6.45) is 5.11.